The molecule has 1 aliphatic rings. The first-order valence-corrected chi connectivity index (χ1v) is 11.7. The second-order valence-corrected chi connectivity index (χ2v) is 8.77. The quantitative estimate of drug-likeness (QED) is 0.486. The Balaban J connectivity index is 1.44. The highest BCUT2D eigenvalue weighted by Gasteiger charge is 2.27. The molecule has 4 rings (SSSR count). The van der Waals surface area contributed by atoms with Crippen LogP contribution in [0.3, 0.4) is 0 Å². The van der Waals surface area contributed by atoms with Crippen LogP contribution in [0.1, 0.15) is 47.4 Å². The lowest BCUT2D eigenvalue weighted by atomic mass is 9.82. The van der Waals surface area contributed by atoms with Gasteiger partial charge in [0.05, 0.1) is 31.4 Å². The summed E-state index contributed by atoms with van der Waals surface area (Å²) in [5.41, 5.74) is 1.78. The lowest BCUT2D eigenvalue weighted by molar-refractivity contribution is -0.146. The second kappa shape index (κ2) is 10.8. The molecule has 1 aromatic carbocycles. The Morgan fingerprint density at radius 2 is 1.86 bits per heavy atom. The summed E-state index contributed by atoms with van der Waals surface area (Å²) in [6, 6.07) is 8.09. The number of benzene rings is 1. The molecule has 0 bridgehead atoms. The molecule has 35 heavy (non-hydrogen) atoms. The number of carbonyl (C=O) groups is 2. The van der Waals surface area contributed by atoms with E-state index in [0.29, 0.717) is 46.6 Å². The van der Waals surface area contributed by atoms with Gasteiger partial charge in [0.1, 0.15) is 23.9 Å². The molecule has 0 saturated heterocycles. The van der Waals surface area contributed by atoms with Crippen LogP contribution in [-0.4, -0.2) is 42.0 Å². The van der Waals surface area contributed by atoms with Gasteiger partial charge in [0.2, 0.25) is 0 Å². The third kappa shape index (κ3) is 5.23. The highest BCUT2D eigenvalue weighted by Crippen LogP contribution is 2.30. The Labute approximate surface area is 203 Å². The van der Waals surface area contributed by atoms with Gasteiger partial charge in [0, 0.05) is 12.7 Å². The summed E-state index contributed by atoms with van der Waals surface area (Å²) >= 11 is 0. The van der Waals surface area contributed by atoms with Gasteiger partial charge in [-0.1, -0.05) is 6.07 Å². The third-order valence-corrected chi connectivity index (χ3v) is 6.60. The lowest BCUT2D eigenvalue weighted by Crippen LogP contribution is -2.33. The smallest absolute Gasteiger partial charge is 0.308 e. The van der Waals surface area contributed by atoms with E-state index in [4.69, 9.17) is 14.2 Å². The Morgan fingerprint density at radius 1 is 1.11 bits per heavy atom. The van der Waals surface area contributed by atoms with E-state index in [0.717, 1.165) is 25.7 Å². The van der Waals surface area contributed by atoms with Crippen LogP contribution >= 0.6 is 0 Å². The molecule has 9 heteroatoms. The predicted octanol–water partition coefficient (Wildman–Crippen LogP) is 4.08. The lowest BCUT2D eigenvalue weighted by Gasteiger charge is -2.26. The number of esters is 1. The number of imidazole rings is 1. The molecule has 1 saturated carbocycles. The molecule has 0 aliphatic heterocycles. The average molecular weight is 484 g/mol. The van der Waals surface area contributed by atoms with E-state index in [-0.39, 0.29) is 24.4 Å². The summed E-state index contributed by atoms with van der Waals surface area (Å²) in [5.74, 6) is 0.304. The SMILES string of the molecule is COC(=O)C1CCC(CNC(=O)c2c(C)nc3c(OCc4c(F)cccc4OC)cccn23)CC1. The molecule has 0 unspecified atom stereocenters. The number of carbonyl (C=O) groups excluding carboxylic acids is 2. The normalized spacial score (nSPS) is 17.7. The number of halogens is 1. The number of ether oxygens (including phenoxy) is 3. The second-order valence-electron chi connectivity index (χ2n) is 8.77. The van der Waals surface area contributed by atoms with Crippen LogP contribution in [0.5, 0.6) is 11.5 Å². The number of fused-ring (bicyclic) bond motifs is 1. The van der Waals surface area contributed by atoms with Gasteiger partial charge < -0.3 is 19.5 Å². The van der Waals surface area contributed by atoms with Crippen molar-refractivity contribution in [2.75, 3.05) is 20.8 Å². The molecule has 1 amide bonds. The first-order chi connectivity index (χ1) is 16.9. The topological polar surface area (TPSA) is 91.2 Å². The van der Waals surface area contributed by atoms with Crippen LogP contribution in [0.2, 0.25) is 0 Å². The van der Waals surface area contributed by atoms with Gasteiger partial charge in [-0.15, -0.1) is 0 Å². The Morgan fingerprint density at radius 3 is 2.57 bits per heavy atom. The molecule has 0 atom stereocenters. The van der Waals surface area contributed by atoms with Crippen molar-refractivity contribution in [2.45, 2.75) is 39.2 Å². The van der Waals surface area contributed by atoms with Crippen molar-refractivity contribution in [3.05, 3.63) is 59.3 Å². The van der Waals surface area contributed by atoms with E-state index in [1.54, 1.807) is 41.8 Å². The fourth-order valence-electron chi connectivity index (χ4n) is 4.65. The van der Waals surface area contributed by atoms with Crippen LogP contribution in [0, 0.1) is 24.6 Å². The molecule has 8 nitrogen and oxygen atoms in total. The van der Waals surface area contributed by atoms with Crippen molar-refractivity contribution in [3.8, 4) is 11.5 Å². The molecular weight excluding hydrogens is 453 g/mol. The molecule has 0 radical (unpaired) electrons. The van der Waals surface area contributed by atoms with Crippen molar-refractivity contribution in [2.24, 2.45) is 11.8 Å². The standard InChI is InChI=1S/C26H30FN3O5/c1-16-23(25(31)28-14-17-9-11-18(12-10-17)26(32)34-3)30-13-5-8-22(24(30)29-16)35-15-19-20(27)6-4-7-21(19)33-2/h4-8,13,17-18H,9-12,14-15H2,1-3H3,(H,28,31). The maximum atomic E-state index is 14.3. The number of pyridine rings is 1. The number of methoxy groups -OCH3 is 2. The summed E-state index contributed by atoms with van der Waals surface area (Å²) in [7, 11) is 2.90. The van der Waals surface area contributed by atoms with Crippen LogP contribution < -0.4 is 14.8 Å². The Hall–Kier alpha value is -3.62. The molecule has 2 aromatic heterocycles. The van der Waals surface area contributed by atoms with Crippen molar-refractivity contribution < 1.29 is 28.2 Å². The van der Waals surface area contributed by atoms with Crippen molar-refractivity contribution >= 4 is 17.5 Å². The third-order valence-electron chi connectivity index (χ3n) is 6.60. The minimum atomic E-state index is -0.420. The molecule has 0 spiro atoms. The molecule has 1 fully saturated rings. The first-order valence-electron chi connectivity index (χ1n) is 11.7. The Bertz CT molecular complexity index is 1220. The number of rotatable bonds is 8. The maximum absolute atomic E-state index is 14.3. The summed E-state index contributed by atoms with van der Waals surface area (Å²) in [6.45, 7) is 2.26. The number of aryl methyl sites for hydroxylation is 1. The minimum Gasteiger partial charge on any atom is -0.496 e. The number of amides is 1. The number of hydrogen-bond donors (Lipinski definition) is 1. The van der Waals surface area contributed by atoms with Gasteiger partial charge in [-0.2, -0.15) is 0 Å². The molecule has 1 N–H and O–H groups in total. The highest BCUT2D eigenvalue weighted by molar-refractivity contribution is 5.95. The molecule has 3 aromatic rings. The number of nitrogens with zero attached hydrogens (tertiary/aromatic N) is 2. The monoisotopic (exact) mass is 483 g/mol. The van der Waals surface area contributed by atoms with Crippen LogP contribution in [-0.2, 0) is 16.1 Å². The maximum Gasteiger partial charge on any atom is 0.308 e. The van der Waals surface area contributed by atoms with Gasteiger partial charge in [-0.25, -0.2) is 9.37 Å². The van der Waals surface area contributed by atoms with Gasteiger partial charge >= 0.3 is 5.97 Å². The summed E-state index contributed by atoms with van der Waals surface area (Å²) in [6.07, 6.45) is 5.03. The molecule has 2 heterocycles. The number of hydrogen-bond acceptors (Lipinski definition) is 6. The first kappa shape index (κ1) is 24.5. The van der Waals surface area contributed by atoms with E-state index in [2.05, 4.69) is 10.3 Å². The van der Waals surface area contributed by atoms with Crippen LogP contribution in [0.4, 0.5) is 4.39 Å². The van der Waals surface area contributed by atoms with Crippen LogP contribution in [0.15, 0.2) is 36.5 Å². The van der Waals surface area contributed by atoms with Gasteiger partial charge in [0.25, 0.3) is 5.91 Å². The summed E-state index contributed by atoms with van der Waals surface area (Å²) < 4.78 is 32.0. The number of aromatic nitrogens is 2. The molecular formula is C26H30FN3O5. The van der Waals surface area contributed by atoms with E-state index in [1.165, 1.54) is 20.3 Å². The fraction of sp³-hybridized carbons (Fsp3) is 0.423. The predicted molar refractivity (Wildman–Crippen MR) is 127 cm³/mol. The van der Waals surface area contributed by atoms with Gasteiger partial charge in [-0.05, 0) is 62.8 Å². The van der Waals surface area contributed by atoms with Crippen LogP contribution in [0.25, 0.3) is 5.65 Å². The summed E-state index contributed by atoms with van der Waals surface area (Å²) in [4.78, 5) is 29.3. The van der Waals surface area contributed by atoms with E-state index in [1.807, 2.05) is 0 Å². The number of nitrogens with one attached hydrogen (secondary N) is 1. The van der Waals surface area contributed by atoms with Crippen molar-refractivity contribution in [3.63, 3.8) is 0 Å². The van der Waals surface area contributed by atoms with E-state index < -0.39 is 5.82 Å². The van der Waals surface area contributed by atoms with Gasteiger partial charge in [-0.3, -0.25) is 14.0 Å². The summed E-state index contributed by atoms with van der Waals surface area (Å²) in [5, 5.41) is 3.02. The largest absolute Gasteiger partial charge is 0.496 e. The molecule has 1 aliphatic carbocycles. The average Bonchev–Trinajstić information content (AvgIpc) is 3.22. The van der Waals surface area contributed by atoms with Crippen molar-refractivity contribution in [1.29, 1.82) is 0 Å². The van der Waals surface area contributed by atoms with Crippen molar-refractivity contribution in [1.82, 2.24) is 14.7 Å². The van der Waals surface area contributed by atoms with Gasteiger partial charge in [0.15, 0.2) is 11.4 Å². The Kier molecular flexibility index (Phi) is 7.53. The van der Waals surface area contributed by atoms with E-state index in [9.17, 15) is 14.0 Å². The van der Waals surface area contributed by atoms with E-state index >= 15 is 0 Å². The zero-order chi connectivity index (χ0) is 24.9. The zero-order valence-corrected chi connectivity index (χ0v) is 20.2. The fourth-order valence-corrected chi connectivity index (χ4v) is 4.65. The molecule has 186 valence electrons. The minimum absolute atomic E-state index is 0.0444. The highest BCUT2D eigenvalue weighted by atomic mass is 19.1. The zero-order valence-electron chi connectivity index (χ0n) is 20.2.